The number of thiazole rings is 1. The van der Waals surface area contributed by atoms with Crippen LogP contribution in [0.2, 0.25) is 0 Å². The molecule has 7 heteroatoms. The number of unbranched alkanes of at least 4 members (excludes halogenated alkanes) is 3. The Morgan fingerprint density at radius 2 is 2.04 bits per heavy atom. The van der Waals surface area contributed by atoms with Gasteiger partial charge in [-0.05, 0) is 18.8 Å². The van der Waals surface area contributed by atoms with Crippen molar-refractivity contribution < 1.29 is 9.53 Å². The Balaban J connectivity index is 2.13. The second-order valence-electron chi connectivity index (χ2n) is 5.91. The molecular formula is C17H30N4O2S. The lowest BCUT2D eigenvalue weighted by Gasteiger charge is -2.10. The molecule has 0 fully saturated rings. The van der Waals surface area contributed by atoms with Gasteiger partial charge in [0.05, 0.1) is 19.3 Å². The molecule has 1 rings (SSSR count). The topological polar surface area (TPSA) is 75.6 Å². The molecule has 0 aliphatic heterocycles. The number of carbonyl (C=O) groups is 1. The van der Waals surface area contributed by atoms with E-state index in [2.05, 4.69) is 44.6 Å². The largest absolute Gasteiger partial charge is 0.469 e. The zero-order valence-electron chi connectivity index (χ0n) is 15.2. The number of aliphatic imine (C=N–C) groups is 1. The number of esters is 1. The summed E-state index contributed by atoms with van der Waals surface area (Å²) in [6.07, 6.45) is 4.59. The first kappa shape index (κ1) is 20.4. The van der Waals surface area contributed by atoms with Crippen LogP contribution in [0.15, 0.2) is 10.4 Å². The Morgan fingerprint density at radius 1 is 1.29 bits per heavy atom. The van der Waals surface area contributed by atoms with E-state index in [9.17, 15) is 4.79 Å². The van der Waals surface area contributed by atoms with E-state index in [-0.39, 0.29) is 5.97 Å². The first-order chi connectivity index (χ1) is 11.6. The molecule has 0 radical (unpaired) electrons. The van der Waals surface area contributed by atoms with E-state index in [0.717, 1.165) is 48.9 Å². The van der Waals surface area contributed by atoms with Crippen LogP contribution in [0, 0.1) is 0 Å². The van der Waals surface area contributed by atoms with Crippen LogP contribution in [0.3, 0.4) is 0 Å². The molecule has 1 aromatic heterocycles. The van der Waals surface area contributed by atoms with Gasteiger partial charge in [-0.1, -0.05) is 26.7 Å². The Labute approximate surface area is 149 Å². The number of nitrogens with zero attached hydrogens (tertiary/aromatic N) is 2. The van der Waals surface area contributed by atoms with Gasteiger partial charge in [-0.25, -0.2) is 4.98 Å². The van der Waals surface area contributed by atoms with Gasteiger partial charge in [-0.15, -0.1) is 11.3 Å². The first-order valence-corrected chi connectivity index (χ1v) is 9.40. The molecule has 136 valence electrons. The zero-order chi connectivity index (χ0) is 17.8. The van der Waals surface area contributed by atoms with E-state index in [0.29, 0.717) is 18.9 Å². The number of hydrogen-bond donors (Lipinski definition) is 2. The Kier molecular flexibility index (Phi) is 10.1. The van der Waals surface area contributed by atoms with Gasteiger partial charge in [0.1, 0.15) is 5.01 Å². The third kappa shape index (κ3) is 8.29. The van der Waals surface area contributed by atoms with E-state index in [1.54, 1.807) is 18.4 Å². The van der Waals surface area contributed by atoms with Crippen LogP contribution in [-0.2, 0) is 16.1 Å². The fraction of sp³-hybridized carbons (Fsp3) is 0.706. The molecule has 0 spiro atoms. The summed E-state index contributed by atoms with van der Waals surface area (Å²) in [6, 6.07) is 0. The van der Waals surface area contributed by atoms with Crippen LogP contribution in [0.5, 0.6) is 0 Å². The van der Waals surface area contributed by atoms with Gasteiger partial charge in [-0.3, -0.25) is 9.79 Å². The minimum atomic E-state index is -0.125. The van der Waals surface area contributed by atoms with Crippen molar-refractivity contribution in [2.45, 2.75) is 58.4 Å². The summed E-state index contributed by atoms with van der Waals surface area (Å²) in [5, 5.41) is 9.78. The van der Waals surface area contributed by atoms with Crippen LogP contribution >= 0.6 is 11.3 Å². The molecule has 0 saturated carbocycles. The van der Waals surface area contributed by atoms with Gasteiger partial charge < -0.3 is 15.4 Å². The predicted molar refractivity (Wildman–Crippen MR) is 99.5 cm³/mol. The normalized spacial score (nSPS) is 11.6. The minimum absolute atomic E-state index is 0.125. The standard InChI is InChI=1S/C17H30N4O2S/c1-13(2)14-12-24-15(21-14)11-20-17(18-3)19-10-8-6-5-7-9-16(22)23-4/h12-13H,5-11H2,1-4H3,(H2,18,19,20). The van der Waals surface area contributed by atoms with Crippen LogP contribution in [0.1, 0.15) is 62.6 Å². The molecule has 0 bridgehead atoms. The molecule has 2 N–H and O–H groups in total. The van der Waals surface area contributed by atoms with Gasteiger partial charge in [0, 0.05) is 25.4 Å². The number of carbonyl (C=O) groups excluding carboxylic acids is 1. The van der Waals surface area contributed by atoms with Gasteiger partial charge in [0.2, 0.25) is 0 Å². The molecule has 24 heavy (non-hydrogen) atoms. The second kappa shape index (κ2) is 11.8. The van der Waals surface area contributed by atoms with Crippen molar-refractivity contribution in [2.24, 2.45) is 4.99 Å². The average Bonchev–Trinajstić information content (AvgIpc) is 3.05. The maximum absolute atomic E-state index is 11.0. The maximum atomic E-state index is 11.0. The summed E-state index contributed by atoms with van der Waals surface area (Å²) >= 11 is 1.68. The Hall–Kier alpha value is -1.63. The van der Waals surface area contributed by atoms with Crippen molar-refractivity contribution in [1.29, 1.82) is 0 Å². The van der Waals surface area contributed by atoms with Crippen LogP contribution in [0.4, 0.5) is 0 Å². The molecule has 0 amide bonds. The Morgan fingerprint density at radius 3 is 2.67 bits per heavy atom. The highest BCUT2D eigenvalue weighted by molar-refractivity contribution is 7.09. The van der Waals surface area contributed by atoms with E-state index in [4.69, 9.17) is 0 Å². The molecule has 0 aliphatic rings. The molecule has 0 aliphatic carbocycles. The lowest BCUT2D eigenvalue weighted by atomic mass is 10.1. The van der Waals surface area contributed by atoms with Crippen LogP contribution in [-0.4, -0.2) is 37.6 Å². The highest BCUT2D eigenvalue weighted by Crippen LogP contribution is 2.17. The van der Waals surface area contributed by atoms with E-state index in [1.807, 2.05) is 0 Å². The SMILES string of the molecule is CN=C(NCCCCCCC(=O)OC)NCc1nc(C(C)C)cs1. The molecule has 0 aromatic carbocycles. The molecule has 0 unspecified atom stereocenters. The van der Waals surface area contributed by atoms with Gasteiger partial charge in [0.25, 0.3) is 0 Å². The minimum Gasteiger partial charge on any atom is -0.469 e. The van der Waals surface area contributed by atoms with E-state index < -0.39 is 0 Å². The summed E-state index contributed by atoms with van der Waals surface area (Å²) in [7, 11) is 3.20. The van der Waals surface area contributed by atoms with Crippen molar-refractivity contribution >= 4 is 23.3 Å². The third-order valence-electron chi connectivity index (χ3n) is 3.62. The maximum Gasteiger partial charge on any atom is 0.305 e. The number of hydrogen-bond acceptors (Lipinski definition) is 5. The van der Waals surface area contributed by atoms with Crippen molar-refractivity contribution in [2.75, 3.05) is 20.7 Å². The third-order valence-corrected chi connectivity index (χ3v) is 4.49. The number of ether oxygens (including phenoxy) is 1. The zero-order valence-corrected chi connectivity index (χ0v) is 16.0. The van der Waals surface area contributed by atoms with Crippen LogP contribution < -0.4 is 10.6 Å². The molecule has 0 atom stereocenters. The monoisotopic (exact) mass is 354 g/mol. The number of rotatable bonds is 10. The van der Waals surface area contributed by atoms with Crippen molar-refractivity contribution in [3.8, 4) is 0 Å². The van der Waals surface area contributed by atoms with E-state index in [1.165, 1.54) is 7.11 Å². The number of methoxy groups -OCH3 is 1. The van der Waals surface area contributed by atoms with Crippen LogP contribution in [0.25, 0.3) is 0 Å². The smallest absolute Gasteiger partial charge is 0.305 e. The fourth-order valence-electron chi connectivity index (χ4n) is 2.11. The molecule has 1 heterocycles. The average molecular weight is 355 g/mol. The van der Waals surface area contributed by atoms with Gasteiger partial charge in [0.15, 0.2) is 5.96 Å². The summed E-state index contributed by atoms with van der Waals surface area (Å²) < 4.78 is 4.62. The first-order valence-electron chi connectivity index (χ1n) is 8.52. The number of guanidine groups is 1. The summed E-state index contributed by atoms with van der Waals surface area (Å²) in [6.45, 7) is 5.86. The highest BCUT2D eigenvalue weighted by Gasteiger charge is 2.06. The lowest BCUT2D eigenvalue weighted by molar-refractivity contribution is -0.140. The van der Waals surface area contributed by atoms with Crippen molar-refractivity contribution in [1.82, 2.24) is 15.6 Å². The fourth-order valence-corrected chi connectivity index (χ4v) is 3.00. The Bertz CT molecular complexity index is 514. The van der Waals surface area contributed by atoms with Gasteiger partial charge >= 0.3 is 5.97 Å². The summed E-state index contributed by atoms with van der Waals surface area (Å²) in [5.41, 5.74) is 1.15. The molecule has 6 nitrogen and oxygen atoms in total. The number of aromatic nitrogens is 1. The van der Waals surface area contributed by atoms with Crippen molar-refractivity contribution in [3.63, 3.8) is 0 Å². The molecule has 1 aromatic rings. The predicted octanol–water partition coefficient (Wildman–Crippen LogP) is 3.06. The lowest BCUT2D eigenvalue weighted by Crippen LogP contribution is -2.37. The highest BCUT2D eigenvalue weighted by atomic mass is 32.1. The van der Waals surface area contributed by atoms with Crippen molar-refractivity contribution in [3.05, 3.63) is 16.1 Å². The number of nitrogens with one attached hydrogen (secondary N) is 2. The van der Waals surface area contributed by atoms with E-state index >= 15 is 0 Å². The second-order valence-corrected chi connectivity index (χ2v) is 6.86. The molecule has 0 saturated heterocycles. The summed E-state index contributed by atoms with van der Waals surface area (Å²) in [5.74, 6) is 1.14. The van der Waals surface area contributed by atoms with Gasteiger partial charge in [-0.2, -0.15) is 0 Å². The molecular weight excluding hydrogens is 324 g/mol. The quantitative estimate of drug-likeness (QED) is 0.292. The summed E-state index contributed by atoms with van der Waals surface area (Å²) in [4.78, 5) is 19.8.